The molecule has 1 aliphatic heterocycles. The molecule has 0 saturated carbocycles. The third kappa shape index (κ3) is 3.79. The number of carbonyl (C=O) groups excluding carboxylic acids is 1. The minimum atomic E-state index is -4.43. The van der Waals surface area contributed by atoms with E-state index < -0.39 is 23.8 Å². The summed E-state index contributed by atoms with van der Waals surface area (Å²) in [6.07, 6.45) is -5.28. The quantitative estimate of drug-likeness (QED) is 0.690. The average molecular weight is 406 g/mol. The molecule has 3 aromatic rings. The highest BCUT2D eigenvalue weighted by molar-refractivity contribution is 7.14. The lowest BCUT2D eigenvalue weighted by atomic mass is 10.1. The topological polar surface area (TPSA) is 60.5 Å². The molecule has 0 radical (unpaired) electrons. The van der Waals surface area contributed by atoms with Crippen LogP contribution in [-0.2, 0) is 11.0 Å². The normalized spacial score (nSPS) is 15.9. The highest BCUT2D eigenvalue weighted by atomic mass is 32.1. The second-order valence-electron chi connectivity index (χ2n) is 5.97. The summed E-state index contributed by atoms with van der Waals surface area (Å²) < 4.78 is 49.7. The Bertz CT molecular complexity index is 1020. The summed E-state index contributed by atoms with van der Waals surface area (Å²) in [5.41, 5.74) is -0.0923. The molecule has 9 heteroatoms. The predicted molar refractivity (Wildman–Crippen MR) is 97.5 cm³/mol. The molecule has 4 rings (SSSR count). The minimum Gasteiger partial charge on any atom is -0.485 e. The first-order chi connectivity index (χ1) is 13.4. The molecule has 28 heavy (non-hydrogen) atoms. The molecule has 1 N–H and O–H groups in total. The van der Waals surface area contributed by atoms with Crippen LogP contribution in [0.5, 0.6) is 11.5 Å². The van der Waals surface area contributed by atoms with Crippen molar-refractivity contribution in [2.75, 3.05) is 11.9 Å². The average Bonchev–Trinajstić information content (AvgIpc) is 3.15. The van der Waals surface area contributed by atoms with Gasteiger partial charge in [-0.2, -0.15) is 13.2 Å². The largest absolute Gasteiger partial charge is 0.485 e. The molecule has 5 nitrogen and oxygen atoms in total. The number of nitrogens with one attached hydrogen (secondary N) is 1. The van der Waals surface area contributed by atoms with Crippen molar-refractivity contribution in [2.45, 2.75) is 12.3 Å². The fourth-order valence-electron chi connectivity index (χ4n) is 2.65. The van der Waals surface area contributed by atoms with Crippen molar-refractivity contribution >= 4 is 22.4 Å². The Hall–Kier alpha value is -3.07. The number of amides is 1. The number of hydrogen-bond donors (Lipinski definition) is 1. The summed E-state index contributed by atoms with van der Waals surface area (Å²) >= 11 is 1.11. The lowest BCUT2D eigenvalue weighted by Gasteiger charge is -2.25. The molecule has 144 valence electrons. The molecule has 1 aromatic heterocycles. The van der Waals surface area contributed by atoms with Gasteiger partial charge in [-0.05, 0) is 24.3 Å². The summed E-state index contributed by atoms with van der Waals surface area (Å²) in [6, 6.07) is 11.9. The SMILES string of the molecule is O=C(Nc1nc(-c2cccc(C(F)(F)F)c2)cs1)C1COc2ccccc2O1. The first kappa shape index (κ1) is 18.3. The molecule has 0 saturated heterocycles. The van der Waals surface area contributed by atoms with Crippen LogP contribution in [0.15, 0.2) is 53.9 Å². The van der Waals surface area contributed by atoms with E-state index in [0.29, 0.717) is 22.8 Å². The molecular weight excluding hydrogens is 393 g/mol. The lowest BCUT2D eigenvalue weighted by Crippen LogP contribution is -2.40. The Morgan fingerprint density at radius 1 is 1.14 bits per heavy atom. The van der Waals surface area contributed by atoms with Crippen LogP contribution in [0.2, 0.25) is 0 Å². The van der Waals surface area contributed by atoms with Gasteiger partial charge in [-0.3, -0.25) is 10.1 Å². The van der Waals surface area contributed by atoms with Crippen LogP contribution in [0.1, 0.15) is 5.56 Å². The molecule has 0 fully saturated rings. The highest BCUT2D eigenvalue weighted by Crippen LogP contribution is 2.34. The number of carbonyl (C=O) groups is 1. The van der Waals surface area contributed by atoms with Gasteiger partial charge in [-0.1, -0.05) is 24.3 Å². The summed E-state index contributed by atoms with van der Waals surface area (Å²) in [7, 11) is 0. The van der Waals surface area contributed by atoms with Gasteiger partial charge in [0.25, 0.3) is 5.91 Å². The molecule has 1 atom stereocenters. The number of alkyl halides is 3. The number of rotatable bonds is 3. The van der Waals surface area contributed by atoms with Crippen molar-refractivity contribution in [1.29, 1.82) is 0 Å². The van der Waals surface area contributed by atoms with Gasteiger partial charge in [0.15, 0.2) is 16.6 Å². The Morgan fingerprint density at radius 3 is 2.71 bits per heavy atom. The standard InChI is InChI=1S/C19H13F3N2O3S/c20-19(21,22)12-5-3-4-11(8-12)13-10-28-18(23-13)24-17(25)16-9-26-14-6-1-2-7-15(14)27-16/h1-8,10,16H,9H2,(H,23,24,25). The molecule has 2 heterocycles. The summed E-state index contributed by atoms with van der Waals surface area (Å²) in [5.74, 6) is 0.588. The number of thiazole rings is 1. The van der Waals surface area contributed by atoms with E-state index >= 15 is 0 Å². The number of aromatic nitrogens is 1. The number of halogens is 3. The smallest absolute Gasteiger partial charge is 0.416 e. The van der Waals surface area contributed by atoms with Gasteiger partial charge >= 0.3 is 6.18 Å². The van der Waals surface area contributed by atoms with Crippen molar-refractivity contribution in [3.63, 3.8) is 0 Å². The van der Waals surface area contributed by atoms with Gasteiger partial charge in [0.05, 0.1) is 11.3 Å². The molecule has 1 aliphatic rings. The van der Waals surface area contributed by atoms with E-state index in [1.807, 2.05) is 0 Å². The maximum atomic E-state index is 12.9. The van der Waals surface area contributed by atoms with Gasteiger partial charge < -0.3 is 9.47 Å². The Labute approximate surface area is 161 Å². The van der Waals surface area contributed by atoms with Crippen molar-refractivity contribution in [3.8, 4) is 22.8 Å². The number of para-hydroxylation sites is 2. The second kappa shape index (κ2) is 7.16. The molecule has 1 amide bonds. The van der Waals surface area contributed by atoms with Crippen molar-refractivity contribution in [2.24, 2.45) is 0 Å². The first-order valence-electron chi connectivity index (χ1n) is 8.23. The second-order valence-corrected chi connectivity index (χ2v) is 6.83. The van der Waals surface area contributed by atoms with E-state index in [2.05, 4.69) is 10.3 Å². The van der Waals surface area contributed by atoms with E-state index in [1.54, 1.807) is 29.6 Å². The number of ether oxygens (including phenoxy) is 2. The van der Waals surface area contributed by atoms with Crippen LogP contribution in [0.3, 0.4) is 0 Å². The summed E-state index contributed by atoms with van der Waals surface area (Å²) in [4.78, 5) is 16.6. The van der Waals surface area contributed by atoms with Crippen LogP contribution >= 0.6 is 11.3 Å². The van der Waals surface area contributed by atoms with E-state index in [4.69, 9.17) is 9.47 Å². The number of nitrogens with zero attached hydrogens (tertiary/aromatic N) is 1. The first-order valence-corrected chi connectivity index (χ1v) is 9.10. The molecule has 0 spiro atoms. The van der Waals surface area contributed by atoms with Gasteiger partial charge in [0.1, 0.15) is 6.61 Å². The Kier molecular flexibility index (Phi) is 4.68. The van der Waals surface area contributed by atoms with E-state index in [0.717, 1.165) is 23.5 Å². The Morgan fingerprint density at radius 2 is 1.93 bits per heavy atom. The third-order valence-corrected chi connectivity index (χ3v) is 4.78. The van der Waals surface area contributed by atoms with Crippen LogP contribution in [-0.4, -0.2) is 23.6 Å². The molecule has 0 aliphatic carbocycles. The molecule has 2 aromatic carbocycles. The van der Waals surface area contributed by atoms with Crippen LogP contribution in [0.25, 0.3) is 11.3 Å². The molecular formula is C19H13F3N2O3S. The number of fused-ring (bicyclic) bond motifs is 1. The summed E-state index contributed by atoms with van der Waals surface area (Å²) in [5, 5.41) is 4.46. The maximum absolute atomic E-state index is 12.9. The predicted octanol–water partition coefficient (Wildman–Crippen LogP) is 4.61. The zero-order valence-electron chi connectivity index (χ0n) is 14.2. The Balaban J connectivity index is 1.46. The lowest BCUT2D eigenvalue weighted by molar-refractivity contribution is -0.137. The van der Waals surface area contributed by atoms with Gasteiger partial charge in [0.2, 0.25) is 6.10 Å². The van der Waals surface area contributed by atoms with Crippen molar-refractivity contribution in [3.05, 3.63) is 59.5 Å². The van der Waals surface area contributed by atoms with E-state index in [1.165, 1.54) is 12.1 Å². The zero-order valence-corrected chi connectivity index (χ0v) is 15.0. The van der Waals surface area contributed by atoms with E-state index in [-0.39, 0.29) is 11.7 Å². The fourth-order valence-corrected chi connectivity index (χ4v) is 3.38. The monoisotopic (exact) mass is 406 g/mol. The van der Waals surface area contributed by atoms with Crippen molar-refractivity contribution < 1.29 is 27.4 Å². The van der Waals surface area contributed by atoms with Gasteiger partial charge in [-0.15, -0.1) is 11.3 Å². The summed E-state index contributed by atoms with van der Waals surface area (Å²) in [6.45, 7) is 0.0503. The third-order valence-electron chi connectivity index (χ3n) is 4.02. The van der Waals surface area contributed by atoms with Crippen LogP contribution in [0, 0.1) is 0 Å². The number of anilines is 1. The van der Waals surface area contributed by atoms with Crippen LogP contribution in [0.4, 0.5) is 18.3 Å². The van der Waals surface area contributed by atoms with Gasteiger partial charge in [0, 0.05) is 10.9 Å². The van der Waals surface area contributed by atoms with Crippen LogP contribution < -0.4 is 14.8 Å². The fraction of sp³-hybridized carbons (Fsp3) is 0.158. The highest BCUT2D eigenvalue weighted by Gasteiger charge is 2.31. The van der Waals surface area contributed by atoms with Crippen molar-refractivity contribution in [1.82, 2.24) is 4.98 Å². The minimum absolute atomic E-state index is 0.0503. The molecule has 0 bridgehead atoms. The number of hydrogen-bond acceptors (Lipinski definition) is 5. The maximum Gasteiger partial charge on any atom is 0.416 e. The number of benzene rings is 2. The van der Waals surface area contributed by atoms with Gasteiger partial charge in [-0.25, -0.2) is 4.98 Å². The van der Waals surface area contributed by atoms with E-state index in [9.17, 15) is 18.0 Å². The molecule has 1 unspecified atom stereocenters. The zero-order chi connectivity index (χ0) is 19.7.